The Kier molecular flexibility index (Phi) is 29.0. The summed E-state index contributed by atoms with van der Waals surface area (Å²) in [5.41, 5.74) is -4.40. The van der Waals surface area contributed by atoms with Crippen molar-refractivity contribution in [2.45, 2.75) is 333 Å². The highest BCUT2D eigenvalue weighted by Gasteiger charge is 2.71. The number of hydrogen-bond acceptors (Lipinski definition) is 40. The van der Waals surface area contributed by atoms with Gasteiger partial charge in [0.15, 0.2) is 44.0 Å². The number of rotatable bonds is 27. The van der Waals surface area contributed by atoms with Crippen LogP contribution in [0.1, 0.15) is 99.8 Å². The molecule has 0 spiro atoms. The number of fused-ring (bicyclic) bond motifs is 5. The molecule has 0 amide bonds. The molecule has 40 nitrogen and oxygen atoms in total. The van der Waals surface area contributed by atoms with Crippen molar-refractivity contribution in [2.75, 3.05) is 52.9 Å². The lowest BCUT2D eigenvalue weighted by Crippen LogP contribution is -2.67. The molecule has 45 unspecified atom stereocenters. The number of Topliss-reactive ketones (excluding diaryl/α,β-unsaturated/α-hetero) is 1. The fraction of sp³-hybridized carbons (Fsp3) is 0.958. The van der Waals surface area contributed by atoms with Crippen LogP contribution in [0.3, 0.4) is 0 Å². The third-order valence-electron chi connectivity index (χ3n) is 26.9. The van der Waals surface area contributed by atoms with Crippen LogP contribution >= 0.6 is 0 Å². The predicted molar refractivity (Wildman–Crippen MR) is 366 cm³/mol. The van der Waals surface area contributed by atoms with Crippen LogP contribution in [0.2, 0.25) is 0 Å². The van der Waals surface area contributed by atoms with Gasteiger partial charge >= 0.3 is 0 Å². The van der Waals surface area contributed by atoms with Crippen molar-refractivity contribution in [1.82, 2.24) is 0 Å². The minimum Gasteiger partial charge on any atom is -0.394 e. The minimum atomic E-state index is -2.17. The van der Waals surface area contributed by atoms with Crippen molar-refractivity contribution in [3.63, 3.8) is 0 Å². The van der Waals surface area contributed by atoms with Crippen molar-refractivity contribution in [1.29, 1.82) is 0 Å². The largest absolute Gasteiger partial charge is 0.394 e. The number of allylic oxidation sites excluding steroid dienone is 1. The summed E-state index contributed by atoms with van der Waals surface area (Å²) in [6, 6.07) is 0. The van der Waals surface area contributed by atoms with Gasteiger partial charge in [0.2, 0.25) is 0 Å². The van der Waals surface area contributed by atoms with Crippen LogP contribution in [-0.4, -0.2) is 419 Å². The summed E-state index contributed by atoms with van der Waals surface area (Å²) in [4.78, 5) is 15.7. The van der Waals surface area contributed by atoms with Gasteiger partial charge in [-0.25, -0.2) is 0 Å². The van der Waals surface area contributed by atoms with E-state index < -0.39 is 313 Å². The zero-order valence-electron chi connectivity index (χ0n) is 63.4. The van der Waals surface area contributed by atoms with Gasteiger partial charge in [-0.1, -0.05) is 46.3 Å². The lowest BCUT2D eigenvalue weighted by Gasteiger charge is -2.65. The van der Waals surface area contributed by atoms with Gasteiger partial charge in [0.25, 0.3) is 0 Å². The third-order valence-corrected chi connectivity index (χ3v) is 26.9. The molecule has 4 aliphatic carbocycles. The van der Waals surface area contributed by atoms with Gasteiger partial charge in [-0.15, -0.1) is 0 Å². The molecule has 11 rings (SSSR count). The van der Waals surface area contributed by atoms with E-state index in [1.54, 1.807) is 6.92 Å². The van der Waals surface area contributed by atoms with Crippen LogP contribution in [0.4, 0.5) is 0 Å². The Bertz CT molecular complexity index is 3080. The van der Waals surface area contributed by atoms with Gasteiger partial charge in [0.1, 0.15) is 177 Å². The molecule has 648 valence electrons. The van der Waals surface area contributed by atoms with E-state index >= 15 is 4.79 Å². The molecule has 7 aliphatic heterocycles. The van der Waals surface area contributed by atoms with Crippen molar-refractivity contribution in [3.05, 3.63) is 11.6 Å². The standard InChI is InChI=1S/C72H120O40/c1-25(8-13-39(68(2,3)98)110-64-56(95)50(89)44(83)34(108-64)22-101-63-55(94)49(88)43(82)33(107-63)21-99-61-53(92)46(85)40(79)29(17-73)103-61)26-14-15-70(5)36-11-9-27-28(72(36,7)38(78)16-71(26,70)6)10-12-37(77)69(27,4)24-102-67-60(51(90)45(84)35(109-67)23-100-62-54(93)47(86)41(80)30(18-74)104-62)112-66-58(97)52(91)59(32(20-76)106-66)111-65-57(96)48(87)42(81)31(19-75)105-65/h9,25-26,28-37,39-67,73-77,79-98H,8,10-24H2,1-7H3. The molecule has 40 heteroatoms. The van der Waals surface area contributed by atoms with E-state index in [-0.39, 0.29) is 42.8 Å². The minimum absolute atomic E-state index is 0.00934. The van der Waals surface area contributed by atoms with Crippen molar-refractivity contribution >= 4 is 5.78 Å². The Hall–Kier alpha value is -2.15. The topological polar surface area (TPSA) is 652 Å². The number of hydrogen-bond donors (Lipinski definition) is 25. The lowest BCUT2D eigenvalue weighted by atomic mass is 9.38. The van der Waals surface area contributed by atoms with Crippen LogP contribution in [0.25, 0.3) is 0 Å². The van der Waals surface area contributed by atoms with Gasteiger partial charge in [0.05, 0.1) is 70.7 Å². The molecule has 0 aromatic heterocycles. The molecule has 7 saturated heterocycles. The number of aliphatic hydroxyl groups is 25. The van der Waals surface area contributed by atoms with E-state index in [4.69, 9.17) is 66.3 Å². The van der Waals surface area contributed by atoms with E-state index in [9.17, 15) is 128 Å². The highest BCUT2D eigenvalue weighted by Crippen LogP contribution is 2.74. The maximum atomic E-state index is 15.7. The number of ketones is 1. The average molecular weight is 1630 g/mol. The smallest absolute Gasteiger partial charge is 0.187 e. The first-order valence-electron chi connectivity index (χ1n) is 38.6. The van der Waals surface area contributed by atoms with Gasteiger partial charge < -0.3 is 194 Å². The lowest BCUT2D eigenvalue weighted by molar-refractivity contribution is -0.387. The highest BCUT2D eigenvalue weighted by atomic mass is 16.8. The normalized spacial score (nSPS) is 52.1. The van der Waals surface area contributed by atoms with Crippen LogP contribution in [-0.2, 0) is 71.1 Å². The van der Waals surface area contributed by atoms with E-state index in [0.717, 1.165) is 0 Å². The number of carbonyl (C=O) groups is 1. The summed E-state index contributed by atoms with van der Waals surface area (Å²) >= 11 is 0. The molecule has 11 aliphatic rings. The van der Waals surface area contributed by atoms with Crippen LogP contribution in [0.15, 0.2) is 11.6 Å². The summed E-state index contributed by atoms with van der Waals surface area (Å²) in [6.07, 6.45) is -60.4. The maximum absolute atomic E-state index is 15.7. The summed E-state index contributed by atoms with van der Waals surface area (Å²) in [5, 5.41) is 271. The molecular weight excluding hydrogens is 1500 g/mol. The Balaban J connectivity index is 0.762. The second-order valence-electron chi connectivity index (χ2n) is 34.1. The Morgan fingerprint density at radius 3 is 1.29 bits per heavy atom. The SMILES string of the molecule is CC(CCC(OC1OC(COC2OC(COC3OC(CO)C(O)C(O)C3O)C(O)C(O)C2O)C(O)C(O)C1O)C(C)(C)O)C1CCC2(C)C3CC=C4C(CCC(O)C4(C)COC4OC(COC5OC(CO)C(O)C(O)C5O)C(O)C(O)C4OC4OC(CO)C(OC5OC(CO)C(O)C(O)C5O)C(O)C4O)C3(C)C(=O)CC12C. The number of carbonyl (C=O) groups excluding carboxylic acids is 1. The van der Waals surface area contributed by atoms with Gasteiger partial charge in [-0.05, 0) is 93.3 Å². The highest BCUT2D eigenvalue weighted by molar-refractivity contribution is 5.88. The molecule has 7 heterocycles. The van der Waals surface area contributed by atoms with Crippen LogP contribution < -0.4 is 0 Å². The molecule has 0 aromatic rings. The molecule has 0 aromatic carbocycles. The zero-order valence-corrected chi connectivity index (χ0v) is 63.4. The monoisotopic (exact) mass is 1620 g/mol. The number of ether oxygens (including phenoxy) is 14. The first-order valence-corrected chi connectivity index (χ1v) is 38.6. The Morgan fingerprint density at radius 1 is 0.438 bits per heavy atom. The summed E-state index contributed by atoms with van der Waals surface area (Å²) in [6.45, 7) is 7.09. The molecule has 45 atom stereocenters. The summed E-state index contributed by atoms with van der Waals surface area (Å²) in [7, 11) is 0. The number of aliphatic hydroxyl groups excluding tert-OH is 24. The van der Waals surface area contributed by atoms with E-state index in [1.807, 2.05) is 13.0 Å². The van der Waals surface area contributed by atoms with Gasteiger partial charge in [-0.3, -0.25) is 4.79 Å². The fourth-order valence-corrected chi connectivity index (χ4v) is 19.5. The van der Waals surface area contributed by atoms with Gasteiger partial charge in [0, 0.05) is 17.3 Å². The summed E-state index contributed by atoms with van der Waals surface area (Å²) < 4.78 is 82.0. The molecule has 0 radical (unpaired) electrons. The van der Waals surface area contributed by atoms with Crippen LogP contribution in [0, 0.1) is 45.3 Å². The molecule has 112 heavy (non-hydrogen) atoms. The second kappa shape index (κ2) is 35.9. The average Bonchev–Trinajstić information content (AvgIpc) is 1.42. The Morgan fingerprint density at radius 2 is 0.821 bits per heavy atom. The molecule has 25 N–H and O–H groups in total. The first-order chi connectivity index (χ1) is 52.6. The van der Waals surface area contributed by atoms with E-state index in [0.29, 0.717) is 37.7 Å². The van der Waals surface area contributed by atoms with Crippen LogP contribution in [0.5, 0.6) is 0 Å². The zero-order chi connectivity index (χ0) is 82.2. The van der Waals surface area contributed by atoms with Crippen molar-refractivity contribution in [3.8, 4) is 0 Å². The van der Waals surface area contributed by atoms with Crippen molar-refractivity contribution < 1.29 is 199 Å². The second-order valence-corrected chi connectivity index (χ2v) is 34.1. The molecule has 10 fully saturated rings. The predicted octanol–water partition coefficient (Wildman–Crippen LogP) is -10.6. The fourth-order valence-electron chi connectivity index (χ4n) is 19.5. The summed E-state index contributed by atoms with van der Waals surface area (Å²) in [5.74, 6) is -0.946. The van der Waals surface area contributed by atoms with Gasteiger partial charge in [-0.2, -0.15) is 0 Å². The van der Waals surface area contributed by atoms with Crippen molar-refractivity contribution in [2.24, 2.45) is 45.3 Å². The van der Waals surface area contributed by atoms with E-state index in [2.05, 4.69) is 20.8 Å². The molecule has 0 bridgehead atoms. The quantitative estimate of drug-likeness (QED) is 0.0340. The Labute approximate surface area is 645 Å². The van der Waals surface area contributed by atoms with E-state index in [1.165, 1.54) is 13.8 Å². The first kappa shape index (κ1) is 90.6. The molecule has 3 saturated carbocycles. The maximum Gasteiger partial charge on any atom is 0.187 e. The molecular formula is C72H120O40. The third kappa shape index (κ3) is 16.9.